The van der Waals surface area contributed by atoms with Gasteiger partial charge in [0, 0.05) is 25.3 Å². The van der Waals surface area contributed by atoms with Gasteiger partial charge in [0.1, 0.15) is 5.82 Å². The van der Waals surface area contributed by atoms with Gasteiger partial charge in [0.15, 0.2) is 5.82 Å². The number of aromatic amines is 1. The number of aryl methyl sites for hydroxylation is 1. The van der Waals surface area contributed by atoms with E-state index in [0.29, 0.717) is 23.5 Å². The van der Waals surface area contributed by atoms with E-state index in [2.05, 4.69) is 15.5 Å². The molecule has 0 radical (unpaired) electrons. The van der Waals surface area contributed by atoms with E-state index in [-0.39, 0.29) is 23.9 Å². The fraction of sp³-hybridized carbons (Fsp3) is 0.412. The van der Waals surface area contributed by atoms with E-state index in [1.165, 1.54) is 6.07 Å². The van der Waals surface area contributed by atoms with Crippen molar-refractivity contribution in [1.29, 1.82) is 0 Å². The number of likely N-dealkylation sites (tertiary alicyclic amines) is 1. The number of hydrogen-bond acceptors (Lipinski definition) is 4. The summed E-state index contributed by atoms with van der Waals surface area (Å²) in [5.74, 6) is -0.0921. The molecule has 1 aromatic heterocycles. The zero-order valence-electron chi connectivity index (χ0n) is 14.0. The minimum absolute atomic E-state index is 0.0573. The summed E-state index contributed by atoms with van der Waals surface area (Å²) < 4.78 is 19.3. The second kappa shape index (κ2) is 6.70. The topological polar surface area (TPSA) is 70.2 Å². The predicted octanol–water partition coefficient (Wildman–Crippen LogP) is 2.18. The van der Waals surface area contributed by atoms with Crippen molar-refractivity contribution in [1.82, 2.24) is 15.1 Å². The molecule has 1 aromatic carbocycles. The van der Waals surface area contributed by atoms with Gasteiger partial charge in [0.05, 0.1) is 17.8 Å². The Bertz CT molecular complexity index is 746. The van der Waals surface area contributed by atoms with Gasteiger partial charge in [-0.05, 0) is 32.5 Å². The average molecular weight is 332 g/mol. The lowest BCUT2D eigenvalue weighted by molar-refractivity contribution is -0.120. The third kappa shape index (κ3) is 3.32. The molecule has 2 atom stereocenters. The standard InChI is InChI=1S/C17H21FN4O2/c1-10-4-5-13(18)12(6-10)14-8-16(21-20-14)19-17(23)15-7-11(24-3)9-22(15)2/h4-6,8,11,15H,7,9H2,1-3H3,(H2,19,20,21,23)/t11-,15-/m0/s1. The number of methoxy groups -OCH3 is 1. The lowest BCUT2D eigenvalue weighted by atomic mass is 10.1. The van der Waals surface area contributed by atoms with Crippen molar-refractivity contribution in [2.24, 2.45) is 0 Å². The molecule has 0 aliphatic carbocycles. The fourth-order valence-corrected chi connectivity index (χ4v) is 3.01. The van der Waals surface area contributed by atoms with Gasteiger partial charge in [-0.1, -0.05) is 11.6 Å². The molecule has 1 fully saturated rings. The van der Waals surface area contributed by atoms with Crippen LogP contribution in [0.3, 0.4) is 0 Å². The Morgan fingerprint density at radius 2 is 2.25 bits per heavy atom. The number of likely N-dealkylation sites (N-methyl/N-ethyl adjacent to an activating group) is 1. The third-order valence-corrected chi connectivity index (χ3v) is 4.39. The zero-order chi connectivity index (χ0) is 17.3. The predicted molar refractivity (Wildman–Crippen MR) is 89.2 cm³/mol. The Balaban J connectivity index is 1.72. The molecule has 6 nitrogen and oxygen atoms in total. The highest BCUT2D eigenvalue weighted by Crippen LogP contribution is 2.25. The van der Waals surface area contributed by atoms with E-state index in [0.717, 1.165) is 12.1 Å². The molecule has 1 aliphatic heterocycles. The largest absolute Gasteiger partial charge is 0.380 e. The van der Waals surface area contributed by atoms with Gasteiger partial charge in [-0.3, -0.25) is 14.8 Å². The normalized spacial score (nSPS) is 21.2. The maximum Gasteiger partial charge on any atom is 0.243 e. The number of benzene rings is 1. The third-order valence-electron chi connectivity index (χ3n) is 4.39. The van der Waals surface area contributed by atoms with Crippen molar-refractivity contribution in [2.45, 2.75) is 25.5 Å². The first-order valence-corrected chi connectivity index (χ1v) is 7.83. The van der Waals surface area contributed by atoms with Gasteiger partial charge < -0.3 is 10.1 Å². The van der Waals surface area contributed by atoms with Gasteiger partial charge in [0.2, 0.25) is 5.91 Å². The zero-order valence-corrected chi connectivity index (χ0v) is 14.0. The number of halogens is 1. The van der Waals surface area contributed by atoms with Gasteiger partial charge in [-0.25, -0.2) is 4.39 Å². The number of hydrogen-bond donors (Lipinski definition) is 2. The lowest BCUT2D eigenvalue weighted by Gasteiger charge is -2.17. The van der Waals surface area contributed by atoms with Crippen molar-refractivity contribution < 1.29 is 13.9 Å². The molecule has 3 rings (SSSR count). The molecule has 0 bridgehead atoms. The van der Waals surface area contributed by atoms with Crippen molar-refractivity contribution >= 4 is 11.7 Å². The van der Waals surface area contributed by atoms with Crippen molar-refractivity contribution in [3.05, 3.63) is 35.6 Å². The van der Waals surface area contributed by atoms with E-state index in [1.807, 2.05) is 18.9 Å². The Kier molecular flexibility index (Phi) is 4.64. The van der Waals surface area contributed by atoms with Crippen LogP contribution >= 0.6 is 0 Å². The van der Waals surface area contributed by atoms with Crippen LogP contribution in [-0.4, -0.2) is 53.9 Å². The van der Waals surface area contributed by atoms with Crippen LogP contribution in [0.1, 0.15) is 12.0 Å². The number of nitrogens with zero attached hydrogens (tertiary/aromatic N) is 2. The number of anilines is 1. The van der Waals surface area contributed by atoms with Gasteiger partial charge in [0.25, 0.3) is 0 Å². The number of aromatic nitrogens is 2. The molecule has 1 aliphatic rings. The first-order chi connectivity index (χ1) is 11.5. The fourth-order valence-electron chi connectivity index (χ4n) is 3.01. The smallest absolute Gasteiger partial charge is 0.243 e. The maximum absolute atomic E-state index is 14.0. The second-order valence-electron chi connectivity index (χ2n) is 6.19. The second-order valence-corrected chi connectivity index (χ2v) is 6.19. The SMILES string of the molecule is CO[C@H]1C[C@@H](C(=O)Nc2cc(-c3cc(C)ccc3F)[nH]n2)N(C)C1. The van der Waals surface area contributed by atoms with Crippen molar-refractivity contribution in [3.8, 4) is 11.3 Å². The van der Waals surface area contributed by atoms with Crippen LogP contribution in [0, 0.1) is 12.7 Å². The maximum atomic E-state index is 14.0. The Hall–Kier alpha value is -2.25. The van der Waals surface area contributed by atoms with Crippen LogP contribution in [-0.2, 0) is 9.53 Å². The number of carbonyl (C=O) groups excluding carboxylic acids is 1. The minimum atomic E-state index is -0.333. The molecule has 2 heterocycles. The average Bonchev–Trinajstić information content (AvgIpc) is 3.16. The number of rotatable bonds is 4. The molecule has 0 unspecified atom stereocenters. The summed E-state index contributed by atoms with van der Waals surface area (Å²) in [6, 6.07) is 6.24. The quantitative estimate of drug-likeness (QED) is 0.900. The Morgan fingerprint density at radius 3 is 2.96 bits per heavy atom. The first-order valence-electron chi connectivity index (χ1n) is 7.83. The molecule has 0 spiro atoms. The van der Waals surface area contributed by atoms with Crippen LogP contribution in [0.4, 0.5) is 10.2 Å². The molecule has 2 aromatic rings. The summed E-state index contributed by atoms with van der Waals surface area (Å²) in [5, 5.41) is 9.62. The highest BCUT2D eigenvalue weighted by molar-refractivity contribution is 5.94. The van der Waals surface area contributed by atoms with Gasteiger partial charge in [-0.15, -0.1) is 0 Å². The van der Waals surface area contributed by atoms with Crippen LogP contribution in [0.2, 0.25) is 0 Å². The van der Waals surface area contributed by atoms with Crippen LogP contribution in [0.15, 0.2) is 24.3 Å². The summed E-state index contributed by atoms with van der Waals surface area (Å²) in [7, 11) is 3.54. The van der Waals surface area contributed by atoms with Crippen LogP contribution in [0.25, 0.3) is 11.3 Å². The minimum Gasteiger partial charge on any atom is -0.380 e. The first kappa shape index (κ1) is 16.6. The van der Waals surface area contributed by atoms with Gasteiger partial charge >= 0.3 is 0 Å². The van der Waals surface area contributed by atoms with E-state index < -0.39 is 0 Å². The molecule has 2 N–H and O–H groups in total. The summed E-state index contributed by atoms with van der Waals surface area (Å²) in [5.41, 5.74) is 1.91. The van der Waals surface area contributed by atoms with Crippen LogP contribution < -0.4 is 5.32 Å². The summed E-state index contributed by atoms with van der Waals surface area (Å²) in [6.45, 7) is 2.61. The molecule has 128 valence electrons. The summed E-state index contributed by atoms with van der Waals surface area (Å²) in [6.07, 6.45) is 0.699. The van der Waals surface area contributed by atoms with E-state index in [4.69, 9.17) is 4.74 Å². The molecular weight excluding hydrogens is 311 g/mol. The summed E-state index contributed by atoms with van der Waals surface area (Å²) in [4.78, 5) is 14.4. The molecular formula is C17H21FN4O2. The molecule has 7 heteroatoms. The molecule has 0 saturated carbocycles. The van der Waals surface area contributed by atoms with Crippen molar-refractivity contribution in [2.75, 3.05) is 26.0 Å². The van der Waals surface area contributed by atoms with E-state index in [1.54, 1.807) is 25.3 Å². The van der Waals surface area contributed by atoms with Crippen molar-refractivity contribution in [3.63, 3.8) is 0 Å². The number of amides is 1. The van der Waals surface area contributed by atoms with Crippen LogP contribution in [0.5, 0.6) is 0 Å². The highest BCUT2D eigenvalue weighted by Gasteiger charge is 2.34. The Labute approximate surface area is 140 Å². The Morgan fingerprint density at radius 1 is 1.46 bits per heavy atom. The van der Waals surface area contributed by atoms with E-state index in [9.17, 15) is 9.18 Å². The van der Waals surface area contributed by atoms with Gasteiger partial charge in [-0.2, -0.15) is 5.10 Å². The number of carbonyl (C=O) groups is 1. The number of nitrogens with one attached hydrogen (secondary N) is 2. The number of H-pyrrole nitrogens is 1. The summed E-state index contributed by atoms with van der Waals surface area (Å²) >= 11 is 0. The van der Waals surface area contributed by atoms with E-state index >= 15 is 0 Å². The lowest BCUT2D eigenvalue weighted by Crippen LogP contribution is -2.37. The number of ether oxygens (including phenoxy) is 1. The molecule has 24 heavy (non-hydrogen) atoms. The molecule has 1 amide bonds. The highest BCUT2D eigenvalue weighted by atomic mass is 19.1. The molecule has 1 saturated heterocycles. The monoisotopic (exact) mass is 332 g/mol.